The van der Waals surface area contributed by atoms with Gasteiger partial charge in [-0.05, 0) is 65.1 Å². The van der Waals surface area contributed by atoms with Crippen molar-refractivity contribution < 1.29 is 19.4 Å². The first-order valence-corrected chi connectivity index (χ1v) is 9.29. The number of carbonyl (C=O) groups excluding carboxylic acids is 1. The lowest BCUT2D eigenvalue weighted by atomic mass is 9.99. The van der Waals surface area contributed by atoms with Crippen molar-refractivity contribution in [2.75, 3.05) is 26.2 Å². The molecular weight excluding hydrogens is 334 g/mol. The standard InChI is InChI=1S/C19H31N3O4/c1-19(2,3)26-18(24)21-12-9-16(23)15-5-4-6-17(22-15)25-13-14-7-10-20-11-8-14/h4-6,14,16,20,23H,7-13H2,1-3H3,(H,21,24)/t16-/m1/s1. The van der Waals surface area contributed by atoms with E-state index >= 15 is 0 Å². The highest BCUT2D eigenvalue weighted by Gasteiger charge is 2.17. The number of hydrogen-bond acceptors (Lipinski definition) is 6. The van der Waals surface area contributed by atoms with Gasteiger partial charge < -0.3 is 25.2 Å². The molecular formula is C19H31N3O4. The number of aliphatic hydroxyl groups is 1. The Hall–Kier alpha value is -1.86. The van der Waals surface area contributed by atoms with Crippen LogP contribution in [0.3, 0.4) is 0 Å². The summed E-state index contributed by atoms with van der Waals surface area (Å²) in [5, 5.41) is 16.3. The van der Waals surface area contributed by atoms with E-state index < -0.39 is 17.8 Å². The largest absolute Gasteiger partial charge is 0.477 e. The molecule has 0 bridgehead atoms. The lowest BCUT2D eigenvalue weighted by Gasteiger charge is -2.22. The Morgan fingerprint density at radius 3 is 2.81 bits per heavy atom. The third-order valence-corrected chi connectivity index (χ3v) is 4.10. The number of aliphatic hydroxyl groups excluding tert-OH is 1. The van der Waals surface area contributed by atoms with Gasteiger partial charge in [0.2, 0.25) is 5.88 Å². The number of aromatic nitrogens is 1. The number of nitrogens with zero attached hydrogens (tertiary/aromatic N) is 1. The van der Waals surface area contributed by atoms with Gasteiger partial charge in [-0.25, -0.2) is 9.78 Å². The molecule has 3 N–H and O–H groups in total. The predicted molar refractivity (Wildman–Crippen MR) is 99.1 cm³/mol. The number of carbonyl (C=O) groups is 1. The Labute approximate surface area is 155 Å². The molecule has 7 nitrogen and oxygen atoms in total. The zero-order chi connectivity index (χ0) is 19.0. The molecule has 0 spiro atoms. The molecule has 1 aliphatic rings. The van der Waals surface area contributed by atoms with E-state index in [-0.39, 0.29) is 0 Å². The maximum absolute atomic E-state index is 11.6. The summed E-state index contributed by atoms with van der Waals surface area (Å²) < 4.78 is 11.0. The van der Waals surface area contributed by atoms with Crippen molar-refractivity contribution >= 4 is 6.09 Å². The van der Waals surface area contributed by atoms with Gasteiger partial charge in [0.15, 0.2) is 0 Å². The van der Waals surface area contributed by atoms with Gasteiger partial charge in [0, 0.05) is 12.6 Å². The quantitative estimate of drug-likeness (QED) is 0.687. The molecule has 1 aromatic heterocycles. The fourth-order valence-corrected chi connectivity index (χ4v) is 2.72. The normalized spacial score (nSPS) is 16.8. The second-order valence-electron chi connectivity index (χ2n) is 7.64. The number of piperidine rings is 1. The van der Waals surface area contributed by atoms with Crippen LogP contribution in [0.2, 0.25) is 0 Å². The van der Waals surface area contributed by atoms with E-state index in [0.29, 0.717) is 37.1 Å². The lowest BCUT2D eigenvalue weighted by Crippen LogP contribution is -2.33. The van der Waals surface area contributed by atoms with Crippen molar-refractivity contribution in [3.8, 4) is 5.88 Å². The third kappa shape index (κ3) is 7.58. The number of pyridine rings is 1. The number of alkyl carbamates (subject to hydrolysis) is 1. The number of ether oxygens (including phenoxy) is 2. The van der Waals surface area contributed by atoms with Gasteiger partial charge in [-0.2, -0.15) is 0 Å². The summed E-state index contributed by atoms with van der Waals surface area (Å²) in [7, 11) is 0. The Bertz CT molecular complexity index is 568. The van der Waals surface area contributed by atoms with Gasteiger partial charge in [0.25, 0.3) is 0 Å². The van der Waals surface area contributed by atoms with E-state index in [1.54, 1.807) is 32.9 Å². The third-order valence-electron chi connectivity index (χ3n) is 4.10. The molecule has 1 aromatic rings. The van der Waals surface area contributed by atoms with Crippen LogP contribution in [0.1, 0.15) is 51.8 Å². The van der Waals surface area contributed by atoms with Gasteiger partial charge in [0.1, 0.15) is 5.60 Å². The summed E-state index contributed by atoms with van der Waals surface area (Å²) in [6.45, 7) is 8.43. The van der Waals surface area contributed by atoms with Gasteiger partial charge in [-0.1, -0.05) is 6.07 Å². The monoisotopic (exact) mass is 365 g/mol. The Kier molecular flexibility index (Phi) is 7.66. The average molecular weight is 365 g/mol. The molecule has 1 aliphatic heterocycles. The Morgan fingerprint density at radius 1 is 1.38 bits per heavy atom. The molecule has 146 valence electrons. The fraction of sp³-hybridized carbons (Fsp3) is 0.684. The summed E-state index contributed by atoms with van der Waals surface area (Å²) in [4.78, 5) is 16.0. The SMILES string of the molecule is CC(C)(C)OC(=O)NCC[C@@H](O)c1cccc(OCC2CCNCC2)n1. The summed E-state index contributed by atoms with van der Waals surface area (Å²) in [5.74, 6) is 1.07. The number of hydrogen-bond donors (Lipinski definition) is 3. The van der Waals surface area contributed by atoms with E-state index in [2.05, 4.69) is 15.6 Å². The van der Waals surface area contributed by atoms with Crippen molar-refractivity contribution in [2.24, 2.45) is 5.92 Å². The maximum Gasteiger partial charge on any atom is 0.407 e. The van der Waals surface area contributed by atoms with Gasteiger partial charge in [-0.15, -0.1) is 0 Å². The van der Waals surface area contributed by atoms with Crippen molar-refractivity contribution in [2.45, 2.75) is 51.7 Å². The first kappa shape index (κ1) is 20.5. The highest BCUT2D eigenvalue weighted by molar-refractivity contribution is 5.67. The molecule has 1 amide bonds. The molecule has 0 aliphatic carbocycles. The van der Waals surface area contributed by atoms with E-state index in [1.807, 2.05) is 6.07 Å². The Morgan fingerprint density at radius 2 is 2.12 bits per heavy atom. The molecule has 1 fully saturated rings. The number of amides is 1. The fourth-order valence-electron chi connectivity index (χ4n) is 2.72. The van der Waals surface area contributed by atoms with E-state index in [0.717, 1.165) is 25.9 Å². The first-order chi connectivity index (χ1) is 12.3. The predicted octanol–water partition coefficient (Wildman–Crippen LogP) is 2.41. The van der Waals surface area contributed by atoms with Crippen LogP contribution in [0.25, 0.3) is 0 Å². The second-order valence-corrected chi connectivity index (χ2v) is 7.64. The van der Waals surface area contributed by atoms with Gasteiger partial charge in [0.05, 0.1) is 18.4 Å². The molecule has 2 rings (SSSR count). The topological polar surface area (TPSA) is 92.7 Å². The lowest BCUT2D eigenvalue weighted by molar-refractivity contribution is 0.0517. The molecule has 26 heavy (non-hydrogen) atoms. The Balaban J connectivity index is 1.76. The molecule has 1 saturated heterocycles. The van der Waals surface area contributed by atoms with Crippen LogP contribution in [-0.2, 0) is 4.74 Å². The molecule has 2 heterocycles. The van der Waals surface area contributed by atoms with Gasteiger partial charge >= 0.3 is 6.09 Å². The molecule has 0 saturated carbocycles. The minimum Gasteiger partial charge on any atom is -0.477 e. The zero-order valence-electron chi connectivity index (χ0n) is 16.0. The molecule has 1 atom stereocenters. The van der Waals surface area contributed by atoms with Crippen molar-refractivity contribution in [3.05, 3.63) is 23.9 Å². The van der Waals surface area contributed by atoms with E-state index in [4.69, 9.17) is 9.47 Å². The van der Waals surface area contributed by atoms with Crippen LogP contribution in [0.4, 0.5) is 4.79 Å². The van der Waals surface area contributed by atoms with Crippen LogP contribution >= 0.6 is 0 Å². The van der Waals surface area contributed by atoms with Gasteiger partial charge in [-0.3, -0.25) is 0 Å². The average Bonchev–Trinajstić information content (AvgIpc) is 2.59. The minimum atomic E-state index is -0.771. The summed E-state index contributed by atoms with van der Waals surface area (Å²) in [6, 6.07) is 5.39. The number of nitrogens with one attached hydrogen (secondary N) is 2. The van der Waals surface area contributed by atoms with Crippen molar-refractivity contribution in [1.29, 1.82) is 0 Å². The van der Waals surface area contributed by atoms with Crippen LogP contribution in [0.5, 0.6) is 5.88 Å². The zero-order valence-corrected chi connectivity index (χ0v) is 16.0. The highest BCUT2D eigenvalue weighted by Crippen LogP contribution is 2.19. The highest BCUT2D eigenvalue weighted by atomic mass is 16.6. The first-order valence-electron chi connectivity index (χ1n) is 9.29. The summed E-state index contributed by atoms with van der Waals surface area (Å²) >= 11 is 0. The van der Waals surface area contributed by atoms with Crippen LogP contribution in [0.15, 0.2) is 18.2 Å². The molecule has 0 aromatic carbocycles. The van der Waals surface area contributed by atoms with E-state index in [1.165, 1.54) is 0 Å². The molecule has 7 heteroatoms. The van der Waals surface area contributed by atoms with Crippen molar-refractivity contribution in [3.63, 3.8) is 0 Å². The van der Waals surface area contributed by atoms with Crippen LogP contribution in [0, 0.1) is 5.92 Å². The number of rotatable bonds is 7. The second kappa shape index (κ2) is 9.73. The summed E-state index contributed by atoms with van der Waals surface area (Å²) in [5.41, 5.74) is 0.00318. The van der Waals surface area contributed by atoms with Crippen LogP contribution < -0.4 is 15.4 Å². The molecule has 0 radical (unpaired) electrons. The molecule has 0 unspecified atom stereocenters. The van der Waals surface area contributed by atoms with Crippen LogP contribution in [-0.4, -0.2) is 48.0 Å². The maximum atomic E-state index is 11.6. The summed E-state index contributed by atoms with van der Waals surface area (Å²) in [6.07, 6.45) is 1.31. The van der Waals surface area contributed by atoms with E-state index in [9.17, 15) is 9.90 Å². The smallest absolute Gasteiger partial charge is 0.407 e. The van der Waals surface area contributed by atoms with Crippen molar-refractivity contribution in [1.82, 2.24) is 15.6 Å². The minimum absolute atomic E-state index is 0.303.